The van der Waals surface area contributed by atoms with Gasteiger partial charge < -0.3 is 15.1 Å². The zero-order valence-corrected chi connectivity index (χ0v) is 17.7. The van der Waals surface area contributed by atoms with E-state index in [0.29, 0.717) is 37.1 Å². The molecule has 0 saturated carbocycles. The zero-order valence-electron chi connectivity index (χ0n) is 17.7. The third-order valence-corrected chi connectivity index (χ3v) is 6.69. The molecule has 2 aromatic rings. The SMILES string of the molecule is CCCN1C[C@H](CNC(=O)CCCC(C)=O)C[C@@H]2c3cccc4[nH]cc(c34)C[C@H]21. The van der Waals surface area contributed by atoms with E-state index in [1.807, 2.05) is 0 Å². The molecule has 0 unspecified atom stereocenters. The second-order valence-electron chi connectivity index (χ2n) is 8.92. The largest absolute Gasteiger partial charge is 0.361 e. The highest BCUT2D eigenvalue weighted by molar-refractivity contribution is 5.88. The van der Waals surface area contributed by atoms with E-state index in [0.717, 1.165) is 38.9 Å². The number of piperidine rings is 1. The third kappa shape index (κ3) is 4.25. The molecule has 1 saturated heterocycles. The molecule has 156 valence electrons. The summed E-state index contributed by atoms with van der Waals surface area (Å²) in [6, 6.07) is 7.22. The molecule has 0 bridgehead atoms. The van der Waals surface area contributed by atoms with Crippen molar-refractivity contribution in [3.05, 3.63) is 35.5 Å². The molecule has 1 aromatic carbocycles. The van der Waals surface area contributed by atoms with Crippen LogP contribution in [0.25, 0.3) is 10.9 Å². The summed E-state index contributed by atoms with van der Waals surface area (Å²) in [4.78, 5) is 29.4. The van der Waals surface area contributed by atoms with Crippen LogP contribution in [-0.2, 0) is 16.0 Å². The monoisotopic (exact) mass is 395 g/mol. The van der Waals surface area contributed by atoms with Crippen molar-refractivity contribution in [3.63, 3.8) is 0 Å². The van der Waals surface area contributed by atoms with Crippen molar-refractivity contribution in [1.29, 1.82) is 0 Å². The van der Waals surface area contributed by atoms with Gasteiger partial charge in [0.1, 0.15) is 5.78 Å². The van der Waals surface area contributed by atoms with Gasteiger partial charge in [0.15, 0.2) is 0 Å². The quantitative estimate of drug-likeness (QED) is 0.715. The molecule has 2 aliphatic rings. The highest BCUT2D eigenvalue weighted by Crippen LogP contribution is 2.44. The minimum Gasteiger partial charge on any atom is -0.361 e. The molecule has 29 heavy (non-hydrogen) atoms. The Morgan fingerprint density at radius 1 is 1.28 bits per heavy atom. The normalized spacial score (nSPS) is 23.7. The van der Waals surface area contributed by atoms with Crippen molar-refractivity contribution in [2.45, 2.75) is 64.3 Å². The van der Waals surface area contributed by atoms with E-state index in [4.69, 9.17) is 0 Å². The van der Waals surface area contributed by atoms with Gasteiger partial charge in [0, 0.05) is 55.0 Å². The standard InChI is InChI=1S/C24H33N3O2/c1-3-10-27-15-17(13-26-23(29)9-4-6-16(2)28)11-20-19-7-5-8-21-24(19)18(14-25-21)12-22(20)27/h5,7-8,14,17,20,22,25H,3-4,6,9-13,15H2,1-2H3,(H,26,29)/t17-,20+,22+/m0/s1. The second-order valence-corrected chi connectivity index (χ2v) is 8.92. The van der Waals surface area contributed by atoms with Gasteiger partial charge in [0.2, 0.25) is 5.91 Å². The highest BCUT2D eigenvalue weighted by atomic mass is 16.1. The number of carbonyl (C=O) groups excluding carboxylic acids is 2. The molecular weight excluding hydrogens is 362 g/mol. The maximum absolute atomic E-state index is 12.2. The average Bonchev–Trinajstić information content (AvgIpc) is 3.11. The van der Waals surface area contributed by atoms with Crippen LogP contribution in [0.3, 0.4) is 0 Å². The van der Waals surface area contributed by atoms with E-state index >= 15 is 0 Å². The lowest BCUT2D eigenvalue weighted by Gasteiger charge is -2.47. The van der Waals surface area contributed by atoms with Gasteiger partial charge in [-0.05, 0) is 62.3 Å². The van der Waals surface area contributed by atoms with E-state index in [1.165, 1.54) is 22.0 Å². The number of aromatic amines is 1. The van der Waals surface area contributed by atoms with Crippen LogP contribution >= 0.6 is 0 Å². The Morgan fingerprint density at radius 2 is 2.14 bits per heavy atom. The van der Waals surface area contributed by atoms with Gasteiger partial charge in [-0.25, -0.2) is 0 Å². The van der Waals surface area contributed by atoms with Gasteiger partial charge in [-0.15, -0.1) is 0 Å². The third-order valence-electron chi connectivity index (χ3n) is 6.69. The summed E-state index contributed by atoms with van der Waals surface area (Å²) in [7, 11) is 0. The van der Waals surface area contributed by atoms with Crippen molar-refractivity contribution >= 4 is 22.6 Å². The molecule has 1 aliphatic carbocycles. The van der Waals surface area contributed by atoms with E-state index < -0.39 is 0 Å². The fraction of sp³-hybridized carbons (Fsp3) is 0.583. The first-order valence-electron chi connectivity index (χ1n) is 11.2. The lowest BCUT2D eigenvalue weighted by molar-refractivity contribution is -0.121. The topological polar surface area (TPSA) is 65.2 Å². The van der Waals surface area contributed by atoms with Gasteiger partial charge in [-0.1, -0.05) is 19.1 Å². The molecule has 4 rings (SSSR count). The minimum absolute atomic E-state index is 0.0779. The van der Waals surface area contributed by atoms with E-state index in [1.54, 1.807) is 6.92 Å². The minimum atomic E-state index is 0.0779. The highest BCUT2D eigenvalue weighted by Gasteiger charge is 2.40. The summed E-state index contributed by atoms with van der Waals surface area (Å²) in [5, 5.41) is 4.57. The maximum Gasteiger partial charge on any atom is 0.220 e. The predicted octanol–water partition coefficient (Wildman–Crippen LogP) is 3.78. The molecule has 1 fully saturated rings. The summed E-state index contributed by atoms with van der Waals surface area (Å²) < 4.78 is 0. The summed E-state index contributed by atoms with van der Waals surface area (Å²) >= 11 is 0. The molecule has 0 radical (unpaired) electrons. The summed E-state index contributed by atoms with van der Waals surface area (Å²) in [5.41, 5.74) is 4.18. The fourth-order valence-electron chi connectivity index (χ4n) is 5.44. The average molecular weight is 396 g/mol. The first-order chi connectivity index (χ1) is 14.1. The van der Waals surface area contributed by atoms with Crippen LogP contribution in [0.15, 0.2) is 24.4 Å². The predicted molar refractivity (Wildman–Crippen MR) is 116 cm³/mol. The van der Waals surface area contributed by atoms with Crippen LogP contribution in [0.5, 0.6) is 0 Å². The Kier molecular flexibility index (Phi) is 6.04. The lowest BCUT2D eigenvalue weighted by atomic mass is 9.72. The van der Waals surface area contributed by atoms with Crippen molar-refractivity contribution in [1.82, 2.24) is 15.2 Å². The number of hydrogen-bond donors (Lipinski definition) is 2. The maximum atomic E-state index is 12.2. The second kappa shape index (κ2) is 8.70. The number of nitrogens with one attached hydrogen (secondary N) is 2. The molecule has 0 spiro atoms. The Balaban J connectivity index is 1.46. The molecule has 2 N–H and O–H groups in total. The number of benzene rings is 1. The number of amides is 1. The number of Topliss-reactive ketones (excluding diaryl/α,β-unsaturated/α-hetero) is 1. The van der Waals surface area contributed by atoms with Gasteiger partial charge >= 0.3 is 0 Å². The van der Waals surface area contributed by atoms with Crippen LogP contribution in [0.2, 0.25) is 0 Å². The van der Waals surface area contributed by atoms with Crippen molar-refractivity contribution in [2.75, 3.05) is 19.6 Å². The van der Waals surface area contributed by atoms with Crippen molar-refractivity contribution in [3.8, 4) is 0 Å². The van der Waals surface area contributed by atoms with E-state index in [-0.39, 0.29) is 11.7 Å². The number of fused-ring (bicyclic) bond motifs is 2. The van der Waals surface area contributed by atoms with Crippen LogP contribution in [0.1, 0.15) is 63.0 Å². The summed E-state index contributed by atoms with van der Waals surface area (Å²) in [5.74, 6) is 1.23. The zero-order chi connectivity index (χ0) is 20.4. The van der Waals surface area contributed by atoms with Crippen molar-refractivity contribution in [2.24, 2.45) is 5.92 Å². The molecule has 3 atom stereocenters. The molecule has 5 nitrogen and oxygen atoms in total. The number of likely N-dealkylation sites (tertiary alicyclic amines) is 1. The Morgan fingerprint density at radius 3 is 2.93 bits per heavy atom. The first kappa shape index (κ1) is 20.1. The van der Waals surface area contributed by atoms with Gasteiger partial charge in [-0.2, -0.15) is 0 Å². The molecule has 5 heteroatoms. The van der Waals surface area contributed by atoms with Crippen LogP contribution in [0, 0.1) is 5.92 Å². The molecular formula is C24H33N3O2. The first-order valence-corrected chi connectivity index (χ1v) is 11.2. The van der Waals surface area contributed by atoms with Gasteiger partial charge in [0.05, 0.1) is 0 Å². The smallest absolute Gasteiger partial charge is 0.220 e. The summed E-state index contributed by atoms with van der Waals surface area (Å²) in [6.45, 7) is 6.73. The number of hydrogen-bond acceptors (Lipinski definition) is 3. The number of rotatable bonds is 8. The lowest BCUT2D eigenvalue weighted by Crippen LogP contribution is -2.52. The van der Waals surface area contributed by atoms with Gasteiger partial charge in [0.25, 0.3) is 0 Å². The Hall–Kier alpha value is -2.14. The number of aromatic nitrogens is 1. The summed E-state index contributed by atoms with van der Waals surface area (Å²) in [6.07, 6.45) is 7.18. The van der Waals surface area contributed by atoms with Gasteiger partial charge in [-0.3, -0.25) is 9.69 Å². The van der Waals surface area contributed by atoms with Crippen molar-refractivity contribution < 1.29 is 9.59 Å². The number of carbonyl (C=O) groups is 2. The van der Waals surface area contributed by atoms with E-state index in [2.05, 4.69) is 46.5 Å². The molecule has 1 amide bonds. The Labute approximate surface area is 173 Å². The number of ketones is 1. The fourth-order valence-corrected chi connectivity index (χ4v) is 5.44. The van der Waals surface area contributed by atoms with Crippen LogP contribution < -0.4 is 5.32 Å². The van der Waals surface area contributed by atoms with E-state index in [9.17, 15) is 9.59 Å². The molecule has 1 aliphatic heterocycles. The molecule has 1 aromatic heterocycles. The number of H-pyrrole nitrogens is 1. The molecule has 2 heterocycles. The number of nitrogens with zero attached hydrogens (tertiary/aromatic N) is 1. The van der Waals surface area contributed by atoms with Crippen LogP contribution in [-0.4, -0.2) is 47.3 Å². The van der Waals surface area contributed by atoms with Crippen LogP contribution in [0.4, 0.5) is 0 Å². The Bertz CT molecular complexity index is 887.